The SMILES string of the molecule is CC(=O)c1cccc(NC(=O)/C(C#N)=C\NCc2ccc(C)cc2)c1. The van der Waals surface area contributed by atoms with Crippen LogP contribution in [-0.2, 0) is 11.3 Å². The van der Waals surface area contributed by atoms with Crippen LogP contribution in [-0.4, -0.2) is 11.7 Å². The zero-order chi connectivity index (χ0) is 18.2. The Bertz CT molecular complexity index is 846. The topological polar surface area (TPSA) is 82.0 Å². The standard InChI is InChI=1S/C20H19N3O2/c1-14-6-8-16(9-7-14)12-22-13-18(11-21)20(25)23-19-5-3-4-17(10-19)15(2)24/h3-10,13,22H,12H2,1-2H3,(H,23,25)/b18-13-. The highest BCUT2D eigenvalue weighted by Gasteiger charge is 2.10. The van der Waals surface area contributed by atoms with Crippen molar-refractivity contribution >= 4 is 17.4 Å². The number of nitrogens with one attached hydrogen (secondary N) is 2. The van der Waals surface area contributed by atoms with Gasteiger partial charge in [0.25, 0.3) is 5.91 Å². The monoisotopic (exact) mass is 333 g/mol. The number of nitriles is 1. The quantitative estimate of drug-likeness (QED) is 0.482. The molecule has 126 valence electrons. The first-order valence-electron chi connectivity index (χ1n) is 7.81. The van der Waals surface area contributed by atoms with E-state index in [9.17, 15) is 14.9 Å². The molecule has 0 aliphatic rings. The Hall–Kier alpha value is -3.39. The van der Waals surface area contributed by atoms with Gasteiger partial charge in [-0.25, -0.2) is 0 Å². The van der Waals surface area contributed by atoms with Gasteiger partial charge in [-0.2, -0.15) is 5.26 Å². The van der Waals surface area contributed by atoms with E-state index in [1.54, 1.807) is 24.3 Å². The second kappa shape index (κ2) is 8.46. The molecule has 0 aromatic heterocycles. The third kappa shape index (κ3) is 5.33. The minimum Gasteiger partial charge on any atom is -0.386 e. The number of aryl methyl sites for hydroxylation is 1. The van der Waals surface area contributed by atoms with E-state index in [1.165, 1.54) is 18.7 Å². The molecule has 0 aliphatic heterocycles. The number of hydrogen-bond acceptors (Lipinski definition) is 4. The lowest BCUT2D eigenvalue weighted by atomic mass is 10.1. The number of benzene rings is 2. The van der Waals surface area contributed by atoms with Crippen LogP contribution < -0.4 is 10.6 Å². The number of amides is 1. The zero-order valence-electron chi connectivity index (χ0n) is 14.2. The summed E-state index contributed by atoms with van der Waals surface area (Å²) < 4.78 is 0. The molecule has 0 heterocycles. The predicted molar refractivity (Wildman–Crippen MR) is 96.8 cm³/mol. The molecule has 2 N–H and O–H groups in total. The van der Waals surface area contributed by atoms with Gasteiger partial charge in [0, 0.05) is 24.0 Å². The van der Waals surface area contributed by atoms with E-state index in [0.717, 1.165) is 5.56 Å². The number of anilines is 1. The van der Waals surface area contributed by atoms with Crippen LogP contribution >= 0.6 is 0 Å². The van der Waals surface area contributed by atoms with Crippen LogP contribution in [0, 0.1) is 18.3 Å². The molecule has 0 aliphatic carbocycles. The molecule has 0 saturated heterocycles. The average molecular weight is 333 g/mol. The molecule has 0 bridgehead atoms. The minimum atomic E-state index is -0.528. The van der Waals surface area contributed by atoms with Gasteiger partial charge in [-0.15, -0.1) is 0 Å². The highest BCUT2D eigenvalue weighted by atomic mass is 16.1. The van der Waals surface area contributed by atoms with E-state index < -0.39 is 5.91 Å². The van der Waals surface area contributed by atoms with Gasteiger partial charge in [0.1, 0.15) is 11.6 Å². The van der Waals surface area contributed by atoms with Crippen molar-refractivity contribution in [3.8, 4) is 6.07 Å². The van der Waals surface area contributed by atoms with Gasteiger partial charge in [0.05, 0.1) is 0 Å². The van der Waals surface area contributed by atoms with E-state index in [-0.39, 0.29) is 11.4 Å². The van der Waals surface area contributed by atoms with E-state index >= 15 is 0 Å². The molecule has 2 aromatic carbocycles. The summed E-state index contributed by atoms with van der Waals surface area (Å²) in [6.45, 7) is 3.98. The summed E-state index contributed by atoms with van der Waals surface area (Å²) in [6, 6.07) is 16.4. The number of ketones is 1. The predicted octanol–water partition coefficient (Wildman–Crippen LogP) is 3.33. The zero-order valence-corrected chi connectivity index (χ0v) is 14.2. The summed E-state index contributed by atoms with van der Waals surface area (Å²) in [5.41, 5.74) is 3.15. The summed E-state index contributed by atoms with van der Waals surface area (Å²) >= 11 is 0. The molecule has 0 saturated carbocycles. The lowest BCUT2D eigenvalue weighted by Gasteiger charge is -2.06. The maximum atomic E-state index is 12.2. The van der Waals surface area contributed by atoms with Crippen LogP contribution in [0.5, 0.6) is 0 Å². The summed E-state index contributed by atoms with van der Waals surface area (Å²) in [6.07, 6.45) is 1.39. The molecule has 2 rings (SSSR count). The van der Waals surface area contributed by atoms with Gasteiger partial charge in [-0.1, -0.05) is 42.0 Å². The Morgan fingerprint density at radius 3 is 2.52 bits per heavy atom. The van der Waals surface area contributed by atoms with Gasteiger partial charge >= 0.3 is 0 Å². The Kier molecular flexibility index (Phi) is 6.08. The smallest absolute Gasteiger partial charge is 0.267 e. The average Bonchev–Trinajstić information content (AvgIpc) is 2.60. The fourth-order valence-electron chi connectivity index (χ4n) is 2.14. The van der Waals surface area contributed by atoms with Gasteiger partial charge in [0.15, 0.2) is 5.78 Å². The van der Waals surface area contributed by atoms with E-state index in [4.69, 9.17) is 0 Å². The molecule has 0 atom stereocenters. The summed E-state index contributed by atoms with van der Waals surface area (Å²) in [5.74, 6) is -0.619. The van der Waals surface area contributed by atoms with Crippen molar-refractivity contribution in [1.82, 2.24) is 5.32 Å². The molecule has 0 spiro atoms. The van der Waals surface area contributed by atoms with Crippen molar-refractivity contribution in [2.75, 3.05) is 5.32 Å². The number of hydrogen-bond donors (Lipinski definition) is 2. The largest absolute Gasteiger partial charge is 0.386 e. The molecule has 25 heavy (non-hydrogen) atoms. The molecule has 0 radical (unpaired) electrons. The van der Waals surface area contributed by atoms with E-state index in [0.29, 0.717) is 17.8 Å². The maximum absolute atomic E-state index is 12.2. The number of nitrogens with zero attached hydrogens (tertiary/aromatic N) is 1. The fourth-order valence-corrected chi connectivity index (χ4v) is 2.14. The number of carbonyl (C=O) groups is 2. The van der Waals surface area contributed by atoms with E-state index in [1.807, 2.05) is 37.3 Å². The van der Waals surface area contributed by atoms with Gasteiger partial charge in [-0.05, 0) is 31.5 Å². The van der Waals surface area contributed by atoms with E-state index in [2.05, 4.69) is 10.6 Å². The lowest BCUT2D eigenvalue weighted by molar-refractivity contribution is -0.112. The first-order valence-corrected chi connectivity index (χ1v) is 7.81. The van der Waals surface area contributed by atoms with Crippen LogP contribution in [0.4, 0.5) is 5.69 Å². The summed E-state index contributed by atoms with van der Waals surface area (Å²) in [4.78, 5) is 23.6. The summed E-state index contributed by atoms with van der Waals surface area (Å²) in [5, 5.41) is 14.8. The Balaban J connectivity index is 2.00. The van der Waals surface area contributed by atoms with Crippen molar-refractivity contribution in [2.24, 2.45) is 0 Å². The first kappa shape index (κ1) is 18.0. The molecule has 5 nitrogen and oxygen atoms in total. The van der Waals surface area contributed by atoms with Crippen LogP contribution in [0.1, 0.15) is 28.4 Å². The molecule has 0 unspecified atom stereocenters. The van der Waals surface area contributed by atoms with Crippen LogP contribution in [0.15, 0.2) is 60.3 Å². The third-order valence-corrected chi connectivity index (χ3v) is 3.57. The Morgan fingerprint density at radius 2 is 1.88 bits per heavy atom. The lowest BCUT2D eigenvalue weighted by Crippen LogP contribution is -2.16. The molecular formula is C20H19N3O2. The van der Waals surface area contributed by atoms with Gasteiger partial charge < -0.3 is 10.6 Å². The molecule has 0 fully saturated rings. The summed E-state index contributed by atoms with van der Waals surface area (Å²) in [7, 11) is 0. The van der Waals surface area contributed by atoms with Crippen molar-refractivity contribution in [2.45, 2.75) is 20.4 Å². The normalized spacial score (nSPS) is 10.7. The second-order valence-corrected chi connectivity index (χ2v) is 5.63. The molecule has 1 amide bonds. The van der Waals surface area contributed by atoms with Crippen molar-refractivity contribution < 1.29 is 9.59 Å². The Morgan fingerprint density at radius 1 is 1.16 bits per heavy atom. The molecule has 5 heteroatoms. The van der Waals surface area contributed by atoms with Gasteiger partial charge in [0.2, 0.25) is 0 Å². The molecule has 2 aromatic rings. The number of rotatable bonds is 6. The number of Topliss-reactive ketones (excluding diaryl/α,β-unsaturated/α-hetero) is 1. The van der Waals surface area contributed by atoms with Crippen molar-refractivity contribution in [1.29, 1.82) is 5.26 Å². The Labute approximate surface area is 147 Å². The maximum Gasteiger partial charge on any atom is 0.267 e. The minimum absolute atomic E-state index is 0.0414. The highest BCUT2D eigenvalue weighted by molar-refractivity contribution is 6.07. The second-order valence-electron chi connectivity index (χ2n) is 5.63. The van der Waals surface area contributed by atoms with Crippen molar-refractivity contribution in [3.05, 3.63) is 77.0 Å². The third-order valence-electron chi connectivity index (χ3n) is 3.57. The number of carbonyl (C=O) groups excluding carboxylic acids is 2. The highest BCUT2D eigenvalue weighted by Crippen LogP contribution is 2.12. The van der Waals surface area contributed by atoms with Crippen LogP contribution in [0.2, 0.25) is 0 Å². The molecular weight excluding hydrogens is 314 g/mol. The fraction of sp³-hybridized carbons (Fsp3) is 0.150. The van der Waals surface area contributed by atoms with Gasteiger partial charge in [-0.3, -0.25) is 9.59 Å². The van der Waals surface area contributed by atoms with Crippen molar-refractivity contribution in [3.63, 3.8) is 0 Å². The first-order chi connectivity index (χ1) is 12.0. The van der Waals surface area contributed by atoms with Crippen LogP contribution in [0.3, 0.4) is 0 Å². The van der Waals surface area contributed by atoms with Crippen LogP contribution in [0.25, 0.3) is 0 Å².